The zero-order chi connectivity index (χ0) is 15.8. The molecular weight excluding hydrogens is 290 g/mol. The zero-order valence-corrected chi connectivity index (χ0v) is 12.6. The number of aromatic amines is 1. The molecule has 0 saturated carbocycles. The van der Waals surface area contributed by atoms with Crippen LogP contribution in [-0.4, -0.2) is 23.1 Å². The van der Waals surface area contributed by atoms with E-state index in [4.69, 9.17) is 4.74 Å². The minimum Gasteiger partial charge on any atom is -0.445 e. The molecule has 0 aliphatic heterocycles. The third kappa shape index (κ3) is 2.17. The van der Waals surface area contributed by atoms with E-state index in [-0.39, 0.29) is 6.61 Å². The maximum Gasteiger partial charge on any atom is 0.407 e. The van der Waals surface area contributed by atoms with E-state index in [1.165, 1.54) is 0 Å². The highest BCUT2D eigenvalue weighted by atomic mass is 16.5. The van der Waals surface area contributed by atoms with Crippen LogP contribution in [0.5, 0.6) is 0 Å². The first kappa shape index (κ1) is 13.6. The van der Waals surface area contributed by atoms with Gasteiger partial charge in [-0.05, 0) is 23.6 Å². The van der Waals surface area contributed by atoms with Crippen LogP contribution >= 0.6 is 0 Å². The monoisotopic (exact) mass is 305 g/mol. The second-order valence-electron chi connectivity index (χ2n) is 5.38. The van der Waals surface area contributed by atoms with Gasteiger partial charge >= 0.3 is 6.09 Å². The summed E-state index contributed by atoms with van der Waals surface area (Å²) in [6.45, 7) is 0.210. The molecule has 0 aliphatic rings. The van der Waals surface area contributed by atoms with Gasteiger partial charge in [0.25, 0.3) is 0 Å². The Morgan fingerprint density at radius 2 is 2.13 bits per heavy atom. The standard InChI is InChI=1S/C18H15N3O2/c1-19-18(22)23-10-12-8-11-6-7-20-9-14(11)16-13-4-2-3-5-15(13)21-17(12)16/h2-9,21H,10H2,1H3,(H,19,22). The van der Waals surface area contributed by atoms with Crippen molar-refractivity contribution in [3.63, 3.8) is 0 Å². The molecule has 0 spiro atoms. The lowest BCUT2D eigenvalue weighted by Crippen LogP contribution is -2.18. The predicted octanol–water partition coefficient (Wildman–Crippen LogP) is 3.73. The summed E-state index contributed by atoms with van der Waals surface area (Å²) in [4.78, 5) is 19.1. The van der Waals surface area contributed by atoms with Gasteiger partial charge < -0.3 is 15.0 Å². The second kappa shape index (κ2) is 5.28. The predicted molar refractivity (Wildman–Crippen MR) is 90.4 cm³/mol. The Morgan fingerprint density at radius 3 is 3.00 bits per heavy atom. The summed E-state index contributed by atoms with van der Waals surface area (Å²) in [6.07, 6.45) is 3.21. The average Bonchev–Trinajstić information content (AvgIpc) is 2.99. The summed E-state index contributed by atoms with van der Waals surface area (Å²) in [5.41, 5.74) is 2.98. The number of fused-ring (bicyclic) bond motifs is 5. The van der Waals surface area contributed by atoms with Crippen LogP contribution in [0.1, 0.15) is 5.56 Å². The van der Waals surface area contributed by atoms with Crippen molar-refractivity contribution in [2.75, 3.05) is 7.05 Å². The van der Waals surface area contributed by atoms with Crippen molar-refractivity contribution in [1.82, 2.24) is 15.3 Å². The molecule has 0 saturated heterocycles. The van der Waals surface area contributed by atoms with Crippen LogP contribution in [0.15, 0.2) is 48.8 Å². The number of nitrogens with one attached hydrogen (secondary N) is 2. The molecule has 4 aromatic rings. The van der Waals surface area contributed by atoms with Crippen molar-refractivity contribution in [3.8, 4) is 0 Å². The molecule has 0 aliphatic carbocycles. The van der Waals surface area contributed by atoms with Crippen LogP contribution in [0.25, 0.3) is 32.6 Å². The average molecular weight is 305 g/mol. The first-order valence-electron chi connectivity index (χ1n) is 7.38. The van der Waals surface area contributed by atoms with Gasteiger partial charge in [-0.25, -0.2) is 4.79 Å². The lowest BCUT2D eigenvalue weighted by molar-refractivity contribution is 0.142. The highest BCUT2D eigenvalue weighted by molar-refractivity contribution is 6.20. The fourth-order valence-electron chi connectivity index (χ4n) is 2.99. The molecule has 2 aromatic carbocycles. The summed E-state index contributed by atoms with van der Waals surface area (Å²) >= 11 is 0. The number of carbonyl (C=O) groups excluding carboxylic acids is 1. The topological polar surface area (TPSA) is 67.0 Å². The summed E-state index contributed by atoms with van der Waals surface area (Å²) in [6, 6.07) is 12.2. The van der Waals surface area contributed by atoms with Crippen LogP contribution in [0.4, 0.5) is 4.79 Å². The minimum atomic E-state index is -0.441. The number of para-hydroxylation sites is 1. The number of ether oxygens (including phenoxy) is 1. The number of hydrogen-bond donors (Lipinski definition) is 2. The van der Waals surface area contributed by atoms with Crippen molar-refractivity contribution in [1.29, 1.82) is 0 Å². The van der Waals surface area contributed by atoms with Crippen LogP contribution < -0.4 is 5.32 Å². The lowest BCUT2D eigenvalue weighted by atomic mass is 10.0. The van der Waals surface area contributed by atoms with Crippen molar-refractivity contribution < 1.29 is 9.53 Å². The number of hydrogen-bond acceptors (Lipinski definition) is 3. The van der Waals surface area contributed by atoms with E-state index in [0.717, 1.165) is 38.1 Å². The van der Waals surface area contributed by atoms with Gasteiger partial charge in [0.15, 0.2) is 0 Å². The molecule has 0 fully saturated rings. The maximum absolute atomic E-state index is 11.4. The Kier molecular flexibility index (Phi) is 3.12. The summed E-state index contributed by atoms with van der Waals surface area (Å²) < 4.78 is 5.24. The van der Waals surface area contributed by atoms with Gasteiger partial charge in [0.05, 0.1) is 5.52 Å². The molecule has 2 heterocycles. The van der Waals surface area contributed by atoms with Gasteiger partial charge in [0.2, 0.25) is 0 Å². The first-order chi connectivity index (χ1) is 11.3. The molecule has 0 atom stereocenters. The fourth-order valence-corrected chi connectivity index (χ4v) is 2.99. The number of pyridine rings is 1. The molecule has 0 unspecified atom stereocenters. The molecular formula is C18H15N3O2. The Bertz CT molecular complexity index is 1040. The van der Waals surface area contributed by atoms with Crippen LogP contribution in [0, 0.1) is 0 Å². The highest BCUT2D eigenvalue weighted by Crippen LogP contribution is 2.34. The Morgan fingerprint density at radius 1 is 1.26 bits per heavy atom. The van der Waals surface area contributed by atoms with Gasteiger partial charge in [0.1, 0.15) is 6.61 Å². The molecule has 23 heavy (non-hydrogen) atoms. The number of aromatic nitrogens is 2. The fraction of sp³-hybridized carbons (Fsp3) is 0.111. The molecule has 5 nitrogen and oxygen atoms in total. The van der Waals surface area contributed by atoms with Gasteiger partial charge in [-0.2, -0.15) is 0 Å². The molecule has 1 amide bonds. The largest absolute Gasteiger partial charge is 0.445 e. The number of nitrogens with zero attached hydrogens (tertiary/aromatic N) is 1. The van der Waals surface area contributed by atoms with Crippen LogP contribution in [-0.2, 0) is 11.3 Å². The van der Waals surface area contributed by atoms with E-state index in [2.05, 4.69) is 21.4 Å². The molecule has 0 bridgehead atoms. The number of carbonyl (C=O) groups is 1. The number of rotatable bonds is 2. The van der Waals surface area contributed by atoms with E-state index in [1.807, 2.05) is 36.5 Å². The highest BCUT2D eigenvalue weighted by Gasteiger charge is 2.13. The molecule has 5 heteroatoms. The van der Waals surface area contributed by atoms with Gasteiger partial charge in [-0.1, -0.05) is 18.2 Å². The van der Waals surface area contributed by atoms with E-state index >= 15 is 0 Å². The van der Waals surface area contributed by atoms with E-state index in [9.17, 15) is 4.79 Å². The molecule has 114 valence electrons. The number of benzene rings is 2. The van der Waals surface area contributed by atoms with Gasteiger partial charge in [0, 0.05) is 46.7 Å². The van der Waals surface area contributed by atoms with Crippen LogP contribution in [0.3, 0.4) is 0 Å². The van der Waals surface area contributed by atoms with Gasteiger partial charge in [-0.15, -0.1) is 0 Å². The molecule has 2 aromatic heterocycles. The lowest BCUT2D eigenvalue weighted by Gasteiger charge is -2.08. The maximum atomic E-state index is 11.4. The Hall–Kier alpha value is -3.08. The smallest absolute Gasteiger partial charge is 0.407 e. The normalized spacial score (nSPS) is 11.2. The van der Waals surface area contributed by atoms with E-state index in [1.54, 1.807) is 13.2 Å². The third-order valence-corrected chi connectivity index (χ3v) is 4.04. The third-order valence-electron chi connectivity index (χ3n) is 4.04. The Labute approximate surface area is 132 Å². The first-order valence-corrected chi connectivity index (χ1v) is 7.38. The van der Waals surface area contributed by atoms with E-state index in [0.29, 0.717) is 0 Å². The number of H-pyrrole nitrogens is 1. The SMILES string of the molecule is CNC(=O)OCc1cc2ccncc2c2c1[nH]c1ccccc12. The second-order valence-corrected chi connectivity index (χ2v) is 5.38. The van der Waals surface area contributed by atoms with E-state index < -0.39 is 6.09 Å². The quantitative estimate of drug-likeness (QED) is 0.593. The van der Waals surface area contributed by atoms with Crippen molar-refractivity contribution in [2.45, 2.75) is 6.61 Å². The van der Waals surface area contributed by atoms with Crippen molar-refractivity contribution in [2.24, 2.45) is 0 Å². The minimum absolute atomic E-state index is 0.210. The summed E-state index contributed by atoms with van der Waals surface area (Å²) in [7, 11) is 1.55. The Balaban J connectivity index is 2.02. The zero-order valence-electron chi connectivity index (χ0n) is 12.6. The van der Waals surface area contributed by atoms with Crippen molar-refractivity contribution >= 4 is 38.7 Å². The number of amides is 1. The summed E-state index contributed by atoms with van der Waals surface area (Å²) in [5, 5.41) is 6.88. The molecule has 2 N–H and O–H groups in total. The van der Waals surface area contributed by atoms with Crippen molar-refractivity contribution in [3.05, 3.63) is 54.4 Å². The summed E-state index contributed by atoms with van der Waals surface area (Å²) in [5.74, 6) is 0. The van der Waals surface area contributed by atoms with Gasteiger partial charge in [-0.3, -0.25) is 4.98 Å². The van der Waals surface area contributed by atoms with Crippen LogP contribution in [0.2, 0.25) is 0 Å². The molecule has 4 rings (SSSR count). The number of alkyl carbamates (subject to hydrolysis) is 1. The molecule has 0 radical (unpaired) electrons.